The highest BCUT2D eigenvalue weighted by atomic mass is 16.6. The Hall–Kier alpha value is -2.71. The molecular formula is C19H20O9. The van der Waals surface area contributed by atoms with Gasteiger partial charge < -0.3 is 20.1 Å². The van der Waals surface area contributed by atoms with Gasteiger partial charge in [-0.05, 0) is 42.9 Å². The molecule has 1 aliphatic heterocycles. The molecular weight excluding hydrogens is 372 g/mol. The lowest BCUT2D eigenvalue weighted by Crippen LogP contribution is -2.40. The molecule has 1 heterocycles. The summed E-state index contributed by atoms with van der Waals surface area (Å²) in [4.78, 5) is 55.2. The van der Waals surface area contributed by atoms with Gasteiger partial charge in [-0.3, -0.25) is 24.0 Å². The standard InChI is InChI=1S/C10H12O6.C9H8O3/c11-8(12)5-2-3-1-4(5)7(10(15)16)6(3)9(13)14;10-8-6-4-1-2-5(3-4)7(6)9(11)12-8/h3-7H,1-2H2,(H,11,12)(H,13,14)(H,15,16);1-2,4-7H,3H2. The van der Waals surface area contributed by atoms with Gasteiger partial charge in [-0.1, -0.05) is 12.2 Å². The Labute approximate surface area is 159 Å². The van der Waals surface area contributed by atoms with Gasteiger partial charge in [0.2, 0.25) is 0 Å². The van der Waals surface area contributed by atoms with Crippen molar-refractivity contribution >= 4 is 29.8 Å². The normalized spacial score (nSPS) is 44.1. The summed E-state index contributed by atoms with van der Waals surface area (Å²) < 4.78 is 4.59. The number of fused-ring (bicyclic) bond motifs is 7. The van der Waals surface area contributed by atoms with Crippen LogP contribution in [0.1, 0.15) is 19.3 Å². The van der Waals surface area contributed by atoms with Crippen molar-refractivity contribution in [3.8, 4) is 0 Å². The molecule has 0 amide bonds. The number of cyclic esters (lactones) is 2. The number of carboxylic acids is 3. The fraction of sp³-hybridized carbons (Fsp3) is 0.632. The van der Waals surface area contributed by atoms with Crippen LogP contribution in [0.15, 0.2) is 12.2 Å². The topological polar surface area (TPSA) is 155 Å². The average Bonchev–Trinajstić information content (AvgIpc) is 3.39. The minimum absolute atomic E-state index is 0.146. The first kappa shape index (κ1) is 18.6. The van der Waals surface area contributed by atoms with Crippen LogP contribution in [-0.2, 0) is 28.7 Å². The number of rotatable bonds is 3. The van der Waals surface area contributed by atoms with Gasteiger partial charge in [-0.25, -0.2) is 0 Å². The third-order valence-corrected chi connectivity index (χ3v) is 7.10. The largest absolute Gasteiger partial charge is 0.481 e. The fourth-order valence-corrected chi connectivity index (χ4v) is 6.04. The lowest BCUT2D eigenvalue weighted by Gasteiger charge is -2.28. The van der Waals surface area contributed by atoms with E-state index >= 15 is 0 Å². The molecule has 3 N–H and O–H groups in total. The summed E-state index contributed by atoms with van der Waals surface area (Å²) >= 11 is 0. The molecule has 0 spiro atoms. The van der Waals surface area contributed by atoms with Gasteiger partial charge in [-0.2, -0.15) is 0 Å². The summed E-state index contributed by atoms with van der Waals surface area (Å²) in [5.41, 5.74) is 0. The van der Waals surface area contributed by atoms with Crippen molar-refractivity contribution in [1.29, 1.82) is 0 Å². The van der Waals surface area contributed by atoms with Gasteiger partial charge in [0.1, 0.15) is 0 Å². The third-order valence-electron chi connectivity index (χ3n) is 7.10. The molecule has 28 heavy (non-hydrogen) atoms. The van der Waals surface area contributed by atoms with E-state index in [1.165, 1.54) is 0 Å². The summed E-state index contributed by atoms with van der Waals surface area (Å²) in [6.07, 6.45) is 5.76. The fourth-order valence-electron chi connectivity index (χ4n) is 6.04. The molecule has 150 valence electrons. The number of carbonyl (C=O) groups is 5. The van der Waals surface area contributed by atoms with E-state index in [1.54, 1.807) is 0 Å². The van der Waals surface area contributed by atoms with Gasteiger partial charge in [-0.15, -0.1) is 0 Å². The smallest absolute Gasteiger partial charge is 0.318 e. The van der Waals surface area contributed by atoms with Crippen LogP contribution in [0.5, 0.6) is 0 Å². The molecule has 9 nitrogen and oxygen atoms in total. The predicted molar refractivity (Wildman–Crippen MR) is 88.4 cm³/mol. The van der Waals surface area contributed by atoms with Crippen LogP contribution in [-0.4, -0.2) is 45.2 Å². The van der Waals surface area contributed by atoms with Crippen molar-refractivity contribution in [2.24, 2.45) is 53.3 Å². The van der Waals surface area contributed by atoms with E-state index in [0.29, 0.717) is 12.8 Å². The molecule has 4 fully saturated rings. The van der Waals surface area contributed by atoms with E-state index in [9.17, 15) is 24.0 Å². The van der Waals surface area contributed by atoms with Crippen LogP contribution >= 0.6 is 0 Å². The van der Waals surface area contributed by atoms with Gasteiger partial charge in [0.25, 0.3) is 0 Å². The van der Waals surface area contributed by atoms with Gasteiger partial charge in [0.15, 0.2) is 0 Å². The highest BCUT2D eigenvalue weighted by molar-refractivity contribution is 5.98. The second-order valence-electron chi connectivity index (χ2n) is 8.31. The molecule has 9 atom stereocenters. The highest BCUT2D eigenvalue weighted by Gasteiger charge is 2.60. The maximum atomic E-state index is 11.2. The average molecular weight is 392 g/mol. The second kappa shape index (κ2) is 6.42. The van der Waals surface area contributed by atoms with Crippen LogP contribution in [0.4, 0.5) is 0 Å². The molecule has 0 radical (unpaired) electrons. The van der Waals surface area contributed by atoms with Crippen molar-refractivity contribution in [2.75, 3.05) is 0 Å². The van der Waals surface area contributed by atoms with E-state index in [1.807, 2.05) is 12.2 Å². The Bertz CT molecular complexity index is 771. The Morgan fingerprint density at radius 3 is 1.79 bits per heavy atom. The summed E-state index contributed by atoms with van der Waals surface area (Å²) in [7, 11) is 0. The summed E-state index contributed by atoms with van der Waals surface area (Å²) in [5, 5.41) is 26.9. The second-order valence-corrected chi connectivity index (χ2v) is 8.31. The Morgan fingerprint density at radius 2 is 1.32 bits per heavy atom. The Kier molecular flexibility index (Phi) is 4.28. The van der Waals surface area contributed by atoms with E-state index < -0.39 is 41.6 Å². The SMILES string of the molecule is O=C(O)C1CC2CC1C(C(=O)O)C2C(=O)O.O=C1OC(=O)C2C3C=CC(C3)C12. The van der Waals surface area contributed by atoms with Gasteiger partial charge in [0.05, 0.1) is 29.6 Å². The maximum absolute atomic E-state index is 11.2. The monoisotopic (exact) mass is 392 g/mol. The minimum atomic E-state index is -1.19. The van der Waals surface area contributed by atoms with Crippen molar-refractivity contribution in [3.05, 3.63) is 12.2 Å². The van der Waals surface area contributed by atoms with Crippen molar-refractivity contribution in [3.63, 3.8) is 0 Å². The molecule has 9 heteroatoms. The molecule has 0 aromatic rings. The first-order chi connectivity index (χ1) is 13.2. The summed E-state index contributed by atoms with van der Waals surface area (Å²) in [5.74, 6) is -7.15. The predicted octanol–water partition coefficient (Wildman–Crippen LogP) is 0.637. The molecule has 4 bridgehead atoms. The summed E-state index contributed by atoms with van der Waals surface area (Å²) in [6, 6.07) is 0. The van der Waals surface area contributed by atoms with Crippen LogP contribution in [0, 0.1) is 53.3 Å². The quantitative estimate of drug-likeness (QED) is 0.356. The number of carboxylic acid groups (broad SMARTS) is 3. The zero-order valence-electron chi connectivity index (χ0n) is 14.8. The number of carbonyl (C=O) groups excluding carboxylic acids is 2. The first-order valence-corrected chi connectivity index (χ1v) is 9.33. The van der Waals surface area contributed by atoms with Gasteiger partial charge >= 0.3 is 29.8 Å². The van der Waals surface area contributed by atoms with Crippen LogP contribution in [0.25, 0.3) is 0 Å². The number of aliphatic carboxylic acids is 3. The lowest BCUT2D eigenvalue weighted by atomic mass is 9.74. The maximum Gasteiger partial charge on any atom is 0.318 e. The molecule has 0 aromatic carbocycles. The zero-order chi connectivity index (χ0) is 20.3. The molecule has 4 aliphatic carbocycles. The van der Waals surface area contributed by atoms with Crippen LogP contribution in [0.3, 0.4) is 0 Å². The van der Waals surface area contributed by atoms with E-state index in [0.717, 1.165) is 6.42 Å². The van der Waals surface area contributed by atoms with E-state index in [-0.39, 0.29) is 41.5 Å². The Balaban J connectivity index is 0.000000142. The lowest BCUT2D eigenvalue weighted by molar-refractivity contribution is -0.160. The van der Waals surface area contributed by atoms with E-state index in [2.05, 4.69) is 4.74 Å². The van der Waals surface area contributed by atoms with Crippen LogP contribution in [0.2, 0.25) is 0 Å². The zero-order valence-corrected chi connectivity index (χ0v) is 14.8. The van der Waals surface area contributed by atoms with Crippen LogP contribution < -0.4 is 0 Å². The first-order valence-electron chi connectivity index (χ1n) is 9.33. The molecule has 5 rings (SSSR count). The van der Waals surface area contributed by atoms with Crippen molar-refractivity contribution in [1.82, 2.24) is 0 Å². The number of esters is 2. The molecule has 0 aromatic heterocycles. The van der Waals surface area contributed by atoms with Gasteiger partial charge in [0, 0.05) is 0 Å². The van der Waals surface area contributed by atoms with Crippen molar-refractivity contribution in [2.45, 2.75) is 19.3 Å². The van der Waals surface area contributed by atoms with Crippen molar-refractivity contribution < 1.29 is 44.0 Å². The third kappa shape index (κ3) is 2.63. The number of allylic oxidation sites excluding steroid dienone is 2. The summed E-state index contributed by atoms with van der Waals surface area (Å²) in [6.45, 7) is 0. The highest BCUT2D eigenvalue weighted by Crippen LogP contribution is 2.55. The molecule has 5 aliphatic rings. The minimum Gasteiger partial charge on any atom is -0.481 e. The van der Waals surface area contributed by atoms with E-state index in [4.69, 9.17) is 15.3 Å². The molecule has 9 unspecified atom stereocenters. The molecule has 1 saturated heterocycles. The Morgan fingerprint density at radius 1 is 0.786 bits per heavy atom. The number of ether oxygens (including phenoxy) is 1. The number of hydrogen-bond acceptors (Lipinski definition) is 6. The number of hydrogen-bond donors (Lipinski definition) is 3. The molecule has 3 saturated carbocycles.